The van der Waals surface area contributed by atoms with Gasteiger partial charge in [0.25, 0.3) is 0 Å². The first-order valence-electron chi connectivity index (χ1n) is 8.86. The SMILES string of the molecule is N#Cc1ccc(NC(=O)Cn2c3c(c4ccccc42)CCNCC3)cc1. The van der Waals surface area contributed by atoms with E-state index in [2.05, 4.69) is 39.5 Å². The summed E-state index contributed by atoms with van der Waals surface area (Å²) in [6.07, 6.45) is 1.91. The fourth-order valence-corrected chi connectivity index (χ4v) is 3.69. The second-order valence-corrected chi connectivity index (χ2v) is 6.52. The third kappa shape index (κ3) is 3.07. The van der Waals surface area contributed by atoms with E-state index in [1.165, 1.54) is 16.6 Å². The van der Waals surface area contributed by atoms with Crippen molar-refractivity contribution in [2.24, 2.45) is 0 Å². The molecule has 1 aliphatic heterocycles. The van der Waals surface area contributed by atoms with Crippen LogP contribution in [0.15, 0.2) is 48.5 Å². The van der Waals surface area contributed by atoms with Crippen molar-refractivity contribution in [3.8, 4) is 6.07 Å². The van der Waals surface area contributed by atoms with Gasteiger partial charge in [0, 0.05) is 35.2 Å². The molecule has 5 nitrogen and oxygen atoms in total. The average molecular weight is 344 g/mol. The van der Waals surface area contributed by atoms with Crippen LogP contribution in [-0.4, -0.2) is 23.6 Å². The van der Waals surface area contributed by atoms with E-state index in [-0.39, 0.29) is 12.5 Å². The highest BCUT2D eigenvalue weighted by atomic mass is 16.1. The van der Waals surface area contributed by atoms with Crippen molar-refractivity contribution in [3.63, 3.8) is 0 Å². The van der Waals surface area contributed by atoms with Crippen LogP contribution in [0.1, 0.15) is 16.8 Å². The highest BCUT2D eigenvalue weighted by Gasteiger charge is 2.19. The third-order valence-electron chi connectivity index (χ3n) is 4.88. The Morgan fingerprint density at radius 2 is 1.88 bits per heavy atom. The summed E-state index contributed by atoms with van der Waals surface area (Å²) >= 11 is 0. The van der Waals surface area contributed by atoms with Gasteiger partial charge in [-0.3, -0.25) is 4.79 Å². The first-order chi connectivity index (χ1) is 12.8. The van der Waals surface area contributed by atoms with E-state index < -0.39 is 0 Å². The number of anilines is 1. The summed E-state index contributed by atoms with van der Waals surface area (Å²) in [4.78, 5) is 12.6. The van der Waals surface area contributed by atoms with Crippen LogP contribution in [0, 0.1) is 11.3 Å². The lowest BCUT2D eigenvalue weighted by atomic mass is 10.1. The minimum absolute atomic E-state index is 0.0598. The summed E-state index contributed by atoms with van der Waals surface area (Å²) in [6.45, 7) is 2.19. The second-order valence-electron chi connectivity index (χ2n) is 6.52. The van der Waals surface area contributed by atoms with Crippen molar-refractivity contribution < 1.29 is 4.79 Å². The van der Waals surface area contributed by atoms with Crippen molar-refractivity contribution in [2.75, 3.05) is 18.4 Å². The number of hydrogen-bond acceptors (Lipinski definition) is 3. The Kier molecular flexibility index (Phi) is 4.42. The summed E-state index contributed by atoms with van der Waals surface area (Å²) in [7, 11) is 0. The molecule has 2 aromatic carbocycles. The Morgan fingerprint density at radius 1 is 1.12 bits per heavy atom. The van der Waals surface area contributed by atoms with Crippen LogP contribution >= 0.6 is 0 Å². The number of carbonyl (C=O) groups is 1. The molecule has 0 bridgehead atoms. The summed E-state index contributed by atoms with van der Waals surface area (Å²) < 4.78 is 2.15. The van der Waals surface area contributed by atoms with Gasteiger partial charge in [-0.1, -0.05) is 18.2 Å². The zero-order valence-corrected chi connectivity index (χ0v) is 14.5. The van der Waals surface area contributed by atoms with Crippen molar-refractivity contribution in [3.05, 3.63) is 65.4 Å². The smallest absolute Gasteiger partial charge is 0.244 e. The molecule has 0 spiro atoms. The largest absolute Gasteiger partial charge is 0.335 e. The Morgan fingerprint density at radius 3 is 2.69 bits per heavy atom. The van der Waals surface area contributed by atoms with E-state index in [0.717, 1.165) is 31.4 Å². The number of nitriles is 1. The topological polar surface area (TPSA) is 69.8 Å². The molecule has 1 amide bonds. The van der Waals surface area contributed by atoms with Crippen molar-refractivity contribution in [2.45, 2.75) is 19.4 Å². The van der Waals surface area contributed by atoms with Gasteiger partial charge in [0.1, 0.15) is 6.54 Å². The number of aromatic nitrogens is 1. The molecule has 1 aromatic heterocycles. The van der Waals surface area contributed by atoms with Crippen LogP contribution in [0.25, 0.3) is 10.9 Å². The molecule has 3 aromatic rings. The molecule has 1 aliphatic rings. The lowest BCUT2D eigenvalue weighted by Gasteiger charge is -2.11. The molecular formula is C21H20N4O. The second kappa shape index (κ2) is 7.03. The Labute approximate surface area is 152 Å². The maximum absolute atomic E-state index is 12.6. The number of hydrogen-bond donors (Lipinski definition) is 2. The molecule has 26 heavy (non-hydrogen) atoms. The van der Waals surface area contributed by atoms with Gasteiger partial charge in [-0.25, -0.2) is 0 Å². The number of carbonyl (C=O) groups excluding carboxylic acids is 1. The maximum Gasteiger partial charge on any atom is 0.244 e. The highest BCUT2D eigenvalue weighted by molar-refractivity contribution is 5.93. The molecule has 0 aliphatic carbocycles. The molecular weight excluding hydrogens is 324 g/mol. The van der Waals surface area contributed by atoms with Crippen LogP contribution in [0.3, 0.4) is 0 Å². The van der Waals surface area contributed by atoms with Crippen molar-refractivity contribution in [1.82, 2.24) is 9.88 Å². The predicted octanol–water partition coefficient (Wildman–Crippen LogP) is 2.84. The molecule has 0 unspecified atom stereocenters. The number of nitrogens with zero attached hydrogens (tertiary/aromatic N) is 2. The summed E-state index contributed by atoms with van der Waals surface area (Å²) in [5.41, 5.74) is 5.02. The van der Waals surface area contributed by atoms with E-state index in [1.54, 1.807) is 24.3 Å². The average Bonchev–Trinajstić information content (AvgIpc) is 2.82. The van der Waals surface area contributed by atoms with Crippen LogP contribution in [0.2, 0.25) is 0 Å². The van der Waals surface area contributed by atoms with E-state index >= 15 is 0 Å². The zero-order chi connectivity index (χ0) is 17.9. The molecule has 0 radical (unpaired) electrons. The number of amides is 1. The van der Waals surface area contributed by atoms with Gasteiger partial charge < -0.3 is 15.2 Å². The predicted molar refractivity (Wildman–Crippen MR) is 102 cm³/mol. The van der Waals surface area contributed by atoms with Gasteiger partial charge in [-0.05, 0) is 48.9 Å². The summed E-state index contributed by atoms with van der Waals surface area (Å²) in [5.74, 6) is -0.0598. The van der Waals surface area contributed by atoms with Gasteiger partial charge in [0.2, 0.25) is 5.91 Å². The van der Waals surface area contributed by atoms with E-state index in [1.807, 2.05) is 6.07 Å². The molecule has 0 atom stereocenters. The van der Waals surface area contributed by atoms with Gasteiger partial charge in [-0.15, -0.1) is 0 Å². The minimum Gasteiger partial charge on any atom is -0.335 e. The van der Waals surface area contributed by atoms with Crippen molar-refractivity contribution >= 4 is 22.5 Å². The number of nitrogens with one attached hydrogen (secondary N) is 2. The molecule has 2 heterocycles. The molecule has 0 saturated heterocycles. The normalized spacial score (nSPS) is 13.7. The molecule has 4 rings (SSSR count). The lowest BCUT2D eigenvalue weighted by molar-refractivity contribution is -0.116. The summed E-state index contributed by atoms with van der Waals surface area (Å²) in [5, 5.41) is 16.5. The Balaban J connectivity index is 1.63. The van der Waals surface area contributed by atoms with Crippen LogP contribution in [0.4, 0.5) is 5.69 Å². The Bertz CT molecular complexity index is 995. The van der Waals surface area contributed by atoms with Gasteiger partial charge >= 0.3 is 0 Å². The number of fused-ring (bicyclic) bond motifs is 3. The van der Waals surface area contributed by atoms with Crippen LogP contribution in [0.5, 0.6) is 0 Å². The highest BCUT2D eigenvalue weighted by Crippen LogP contribution is 2.28. The zero-order valence-electron chi connectivity index (χ0n) is 14.5. The fraction of sp³-hybridized carbons (Fsp3) is 0.238. The molecule has 0 fully saturated rings. The van der Waals surface area contributed by atoms with E-state index in [0.29, 0.717) is 11.3 Å². The number of para-hydroxylation sites is 1. The standard InChI is InChI=1S/C21H20N4O/c22-13-15-5-7-16(8-6-15)24-21(26)14-25-19-4-2-1-3-17(19)18-9-11-23-12-10-20(18)25/h1-8,23H,9-12,14H2,(H,24,26). The third-order valence-corrected chi connectivity index (χ3v) is 4.88. The quantitative estimate of drug-likeness (QED) is 0.767. The molecule has 0 saturated carbocycles. The minimum atomic E-state index is -0.0598. The first-order valence-corrected chi connectivity index (χ1v) is 8.86. The van der Waals surface area contributed by atoms with Crippen LogP contribution in [-0.2, 0) is 24.2 Å². The summed E-state index contributed by atoms with van der Waals surface area (Å²) in [6, 6.07) is 17.3. The number of benzene rings is 2. The molecule has 130 valence electrons. The van der Waals surface area contributed by atoms with Gasteiger partial charge in [0.15, 0.2) is 0 Å². The first kappa shape index (κ1) is 16.4. The molecule has 5 heteroatoms. The van der Waals surface area contributed by atoms with Crippen molar-refractivity contribution in [1.29, 1.82) is 5.26 Å². The number of rotatable bonds is 3. The van der Waals surface area contributed by atoms with E-state index in [9.17, 15) is 4.79 Å². The van der Waals surface area contributed by atoms with E-state index in [4.69, 9.17) is 5.26 Å². The van der Waals surface area contributed by atoms with Gasteiger partial charge in [-0.2, -0.15) is 5.26 Å². The monoisotopic (exact) mass is 344 g/mol. The Hall–Kier alpha value is -3.10. The fourth-order valence-electron chi connectivity index (χ4n) is 3.69. The van der Waals surface area contributed by atoms with Crippen LogP contribution < -0.4 is 10.6 Å². The molecule has 2 N–H and O–H groups in total. The maximum atomic E-state index is 12.6. The van der Waals surface area contributed by atoms with Gasteiger partial charge in [0.05, 0.1) is 11.6 Å². The lowest BCUT2D eigenvalue weighted by Crippen LogP contribution is -2.21.